The van der Waals surface area contributed by atoms with Crippen LogP contribution < -0.4 is 14.4 Å². The third kappa shape index (κ3) is 5.60. The number of aryl methyl sites for hydroxylation is 1. The molecule has 0 saturated heterocycles. The summed E-state index contributed by atoms with van der Waals surface area (Å²) in [7, 11) is 0. The minimum absolute atomic E-state index is 0.0483. The van der Waals surface area contributed by atoms with Gasteiger partial charge in [-0.1, -0.05) is 71.9 Å². The number of amides is 1. The number of carbonyl (C=O) groups excluding carboxylic acids is 1. The predicted octanol–water partition coefficient (Wildman–Crippen LogP) is 5.19. The van der Waals surface area contributed by atoms with Gasteiger partial charge in [-0.25, -0.2) is 0 Å². The Bertz CT molecular complexity index is 1350. The SMILES string of the molecule is Cc1ccc(-n2cnnc2SCC(=O)N(C/C=C/c2ccccc2)c2ccc3c(c2)OCCO3)cc1. The van der Waals surface area contributed by atoms with Crippen molar-refractivity contribution in [1.82, 2.24) is 14.8 Å². The normalized spacial score (nSPS) is 12.6. The lowest BCUT2D eigenvalue weighted by molar-refractivity contribution is -0.116. The van der Waals surface area contributed by atoms with Gasteiger partial charge < -0.3 is 14.4 Å². The zero-order valence-electron chi connectivity index (χ0n) is 19.9. The summed E-state index contributed by atoms with van der Waals surface area (Å²) < 4.78 is 13.3. The monoisotopic (exact) mass is 498 g/mol. The molecule has 0 atom stereocenters. The summed E-state index contributed by atoms with van der Waals surface area (Å²) in [5.74, 6) is 1.50. The van der Waals surface area contributed by atoms with Gasteiger partial charge in [-0.3, -0.25) is 9.36 Å². The highest BCUT2D eigenvalue weighted by Crippen LogP contribution is 2.34. The van der Waals surface area contributed by atoms with E-state index in [1.165, 1.54) is 17.3 Å². The molecule has 0 fully saturated rings. The van der Waals surface area contributed by atoms with Gasteiger partial charge in [0.2, 0.25) is 5.91 Å². The maximum Gasteiger partial charge on any atom is 0.237 e. The van der Waals surface area contributed by atoms with Gasteiger partial charge >= 0.3 is 0 Å². The van der Waals surface area contributed by atoms with Crippen LogP contribution >= 0.6 is 11.8 Å². The van der Waals surface area contributed by atoms with E-state index >= 15 is 0 Å². The molecule has 0 radical (unpaired) electrons. The number of fused-ring (bicyclic) bond motifs is 1. The van der Waals surface area contributed by atoms with Crippen LogP contribution in [-0.2, 0) is 4.79 Å². The van der Waals surface area contributed by atoms with Crippen LogP contribution in [0.4, 0.5) is 5.69 Å². The quantitative estimate of drug-likeness (QED) is 0.312. The van der Waals surface area contributed by atoms with Crippen LogP contribution in [0.5, 0.6) is 11.5 Å². The summed E-state index contributed by atoms with van der Waals surface area (Å²) in [6.45, 7) is 3.47. The smallest absolute Gasteiger partial charge is 0.237 e. The van der Waals surface area contributed by atoms with Crippen LogP contribution in [-0.4, -0.2) is 46.2 Å². The minimum atomic E-state index is -0.0483. The van der Waals surface area contributed by atoms with E-state index in [-0.39, 0.29) is 11.7 Å². The third-order valence-electron chi connectivity index (χ3n) is 5.69. The Hall–Kier alpha value is -4.04. The molecule has 4 aromatic rings. The molecule has 1 amide bonds. The molecule has 0 bridgehead atoms. The highest BCUT2D eigenvalue weighted by atomic mass is 32.2. The Balaban J connectivity index is 1.34. The first-order valence-electron chi connectivity index (χ1n) is 11.7. The lowest BCUT2D eigenvalue weighted by Crippen LogP contribution is -2.32. The molecule has 0 N–H and O–H groups in total. The highest BCUT2D eigenvalue weighted by Gasteiger charge is 2.20. The second kappa shape index (κ2) is 11.1. The second-order valence-corrected chi connectivity index (χ2v) is 9.20. The standard InChI is InChI=1S/C28H26N4O3S/c1-21-9-11-23(12-10-21)32-20-29-30-28(32)36-19-27(33)31(15-5-8-22-6-3-2-4-7-22)24-13-14-25-26(18-24)35-17-16-34-25/h2-14,18,20H,15-17,19H2,1H3/b8-5+. The predicted molar refractivity (Wildman–Crippen MR) is 142 cm³/mol. The molecule has 182 valence electrons. The fourth-order valence-corrected chi connectivity index (χ4v) is 4.62. The largest absolute Gasteiger partial charge is 0.486 e. The van der Waals surface area contributed by atoms with Crippen molar-refractivity contribution in [3.63, 3.8) is 0 Å². The number of anilines is 1. The molecule has 5 rings (SSSR count). The molecule has 8 heteroatoms. The molecule has 3 aromatic carbocycles. The van der Waals surface area contributed by atoms with Crippen LogP contribution in [0.1, 0.15) is 11.1 Å². The lowest BCUT2D eigenvalue weighted by atomic mass is 10.2. The van der Waals surface area contributed by atoms with Gasteiger partial charge in [-0.05, 0) is 36.8 Å². The fourth-order valence-electron chi connectivity index (χ4n) is 3.82. The van der Waals surface area contributed by atoms with Crippen LogP contribution in [0.3, 0.4) is 0 Å². The molecule has 36 heavy (non-hydrogen) atoms. The molecule has 1 aromatic heterocycles. The summed E-state index contributed by atoms with van der Waals surface area (Å²) in [5.41, 5.74) is 3.96. The third-order valence-corrected chi connectivity index (χ3v) is 6.62. The molecular formula is C28H26N4O3S. The van der Waals surface area contributed by atoms with E-state index in [1.807, 2.05) is 96.4 Å². The van der Waals surface area contributed by atoms with Crippen molar-refractivity contribution in [2.24, 2.45) is 0 Å². The van der Waals surface area contributed by atoms with Crippen LogP contribution in [0.25, 0.3) is 11.8 Å². The van der Waals surface area contributed by atoms with E-state index < -0.39 is 0 Å². The zero-order chi connectivity index (χ0) is 24.7. The number of hydrogen-bond donors (Lipinski definition) is 0. The van der Waals surface area contributed by atoms with Crippen molar-refractivity contribution >= 4 is 29.4 Å². The first-order chi connectivity index (χ1) is 17.7. The highest BCUT2D eigenvalue weighted by molar-refractivity contribution is 7.99. The minimum Gasteiger partial charge on any atom is -0.486 e. The molecule has 1 aliphatic heterocycles. The summed E-state index contributed by atoms with van der Waals surface area (Å²) in [5, 5.41) is 8.95. The summed E-state index contributed by atoms with van der Waals surface area (Å²) in [6, 6.07) is 23.7. The van der Waals surface area contributed by atoms with E-state index in [0.29, 0.717) is 36.4 Å². The maximum absolute atomic E-state index is 13.5. The number of ether oxygens (including phenoxy) is 2. The van der Waals surface area contributed by atoms with E-state index in [0.717, 1.165) is 16.9 Å². The average Bonchev–Trinajstić information content (AvgIpc) is 3.39. The molecule has 2 heterocycles. The van der Waals surface area contributed by atoms with Gasteiger partial charge in [0.05, 0.1) is 5.75 Å². The Morgan fingerprint density at radius 3 is 2.61 bits per heavy atom. The summed E-state index contributed by atoms with van der Waals surface area (Å²) in [6.07, 6.45) is 5.67. The van der Waals surface area contributed by atoms with Crippen LogP contribution in [0.15, 0.2) is 90.4 Å². The zero-order valence-corrected chi connectivity index (χ0v) is 20.7. The second-order valence-electron chi connectivity index (χ2n) is 8.25. The van der Waals surface area contributed by atoms with Crippen molar-refractivity contribution in [3.8, 4) is 17.2 Å². The molecular weight excluding hydrogens is 472 g/mol. The van der Waals surface area contributed by atoms with Gasteiger partial charge in [0.1, 0.15) is 19.5 Å². The first-order valence-corrected chi connectivity index (χ1v) is 12.7. The van der Waals surface area contributed by atoms with Crippen molar-refractivity contribution in [2.75, 3.05) is 30.4 Å². The van der Waals surface area contributed by atoms with Gasteiger partial charge in [-0.2, -0.15) is 0 Å². The Labute approximate surface area is 214 Å². The van der Waals surface area contributed by atoms with Gasteiger partial charge in [0, 0.05) is 24.0 Å². The van der Waals surface area contributed by atoms with Crippen LogP contribution in [0, 0.1) is 6.92 Å². The molecule has 1 aliphatic rings. The molecule has 0 spiro atoms. The summed E-state index contributed by atoms with van der Waals surface area (Å²) in [4.78, 5) is 15.2. The fraction of sp³-hybridized carbons (Fsp3) is 0.179. The number of thioether (sulfide) groups is 1. The molecule has 7 nitrogen and oxygen atoms in total. The van der Waals surface area contributed by atoms with E-state index in [1.54, 1.807) is 11.2 Å². The van der Waals surface area contributed by atoms with E-state index in [9.17, 15) is 4.79 Å². The first kappa shape index (κ1) is 23.7. The Kier molecular flexibility index (Phi) is 7.33. The van der Waals surface area contributed by atoms with Gasteiger partial charge in [-0.15, -0.1) is 10.2 Å². The van der Waals surface area contributed by atoms with Gasteiger partial charge in [0.15, 0.2) is 16.7 Å². The Morgan fingerprint density at radius 1 is 1.03 bits per heavy atom. The number of hydrogen-bond acceptors (Lipinski definition) is 6. The number of carbonyl (C=O) groups is 1. The summed E-state index contributed by atoms with van der Waals surface area (Å²) >= 11 is 1.36. The van der Waals surface area contributed by atoms with Crippen LogP contribution in [0.2, 0.25) is 0 Å². The maximum atomic E-state index is 13.5. The van der Waals surface area contributed by atoms with E-state index in [2.05, 4.69) is 10.2 Å². The molecule has 0 saturated carbocycles. The number of benzene rings is 3. The van der Waals surface area contributed by atoms with Crippen molar-refractivity contribution in [1.29, 1.82) is 0 Å². The van der Waals surface area contributed by atoms with Gasteiger partial charge in [0.25, 0.3) is 0 Å². The average molecular weight is 499 g/mol. The van der Waals surface area contributed by atoms with Crippen molar-refractivity contribution in [3.05, 3.63) is 96.3 Å². The van der Waals surface area contributed by atoms with E-state index in [4.69, 9.17) is 9.47 Å². The molecule has 0 unspecified atom stereocenters. The number of aromatic nitrogens is 3. The van der Waals surface area contributed by atoms with Crippen molar-refractivity contribution < 1.29 is 14.3 Å². The van der Waals surface area contributed by atoms with Crippen molar-refractivity contribution in [2.45, 2.75) is 12.1 Å². The number of nitrogens with zero attached hydrogens (tertiary/aromatic N) is 4. The lowest BCUT2D eigenvalue weighted by Gasteiger charge is -2.24. The topological polar surface area (TPSA) is 69.5 Å². The number of rotatable bonds is 8. The Morgan fingerprint density at radius 2 is 1.81 bits per heavy atom. The molecule has 0 aliphatic carbocycles.